The maximum Gasteiger partial charge on any atom is 0.300 e. The number of nitrogens with one attached hydrogen (secondary N) is 3. The first-order chi connectivity index (χ1) is 15.5. The first-order valence-electron chi connectivity index (χ1n) is 11.5. The maximum absolute atomic E-state index is 13.2. The van der Waals surface area contributed by atoms with E-state index in [2.05, 4.69) is 27.8 Å². The number of carboxylic acids is 1. The Balaban J connectivity index is 0.000000567. The Morgan fingerprint density at radius 3 is 2.78 bits per heavy atom. The van der Waals surface area contributed by atoms with Gasteiger partial charge in [-0.3, -0.25) is 14.4 Å². The number of benzene rings is 1. The quantitative estimate of drug-likeness (QED) is 0.580. The lowest BCUT2D eigenvalue weighted by atomic mass is 9.72. The van der Waals surface area contributed by atoms with E-state index in [1.165, 1.54) is 10.9 Å². The molecule has 0 saturated carbocycles. The molecule has 2 amide bonds. The fourth-order valence-electron chi connectivity index (χ4n) is 5.61. The Morgan fingerprint density at radius 2 is 1.97 bits per heavy atom. The number of aromatic amines is 1. The van der Waals surface area contributed by atoms with Crippen LogP contribution in [0.1, 0.15) is 38.2 Å². The molecule has 2 aromatic rings. The minimum Gasteiger partial charge on any atom is -0.481 e. The molecule has 1 aromatic carbocycles. The third-order valence-corrected chi connectivity index (χ3v) is 6.88. The zero-order valence-corrected chi connectivity index (χ0v) is 18.5. The van der Waals surface area contributed by atoms with Gasteiger partial charge in [0.05, 0.1) is 0 Å². The minimum absolute atomic E-state index is 0.0206. The van der Waals surface area contributed by atoms with Gasteiger partial charge < -0.3 is 25.6 Å². The van der Waals surface area contributed by atoms with E-state index in [1.807, 2.05) is 23.2 Å². The number of piperidine rings is 3. The molecule has 4 heterocycles. The summed E-state index contributed by atoms with van der Waals surface area (Å²) in [4.78, 5) is 40.1. The fourth-order valence-corrected chi connectivity index (χ4v) is 5.61. The van der Waals surface area contributed by atoms with E-state index in [4.69, 9.17) is 9.90 Å². The Labute approximate surface area is 187 Å². The Morgan fingerprint density at radius 1 is 1.22 bits per heavy atom. The van der Waals surface area contributed by atoms with Crippen LogP contribution in [0.5, 0.6) is 0 Å². The summed E-state index contributed by atoms with van der Waals surface area (Å²) in [5, 5.41) is 15.3. The number of aliphatic carboxylic acids is 1. The summed E-state index contributed by atoms with van der Waals surface area (Å²) in [7, 11) is 0. The van der Waals surface area contributed by atoms with Gasteiger partial charge in [-0.15, -0.1) is 0 Å². The lowest BCUT2D eigenvalue weighted by Crippen LogP contribution is -2.68. The monoisotopic (exact) mass is 440 g/mol. The van der Waals surface area contributed by atoms with Gasteiger partial charge in [0.25, 0.3) is 5.97 Å². The minimum atomic E-state index is -0.833. The van der Waals surface area contributed by atoms with E-state index in [9.17, 15) is 9.59 Å². The van der Waals surface area contributed by atoms with E-state index in [0.29, 0.717) is 18.9 Å². The molecule has 0 unspecified atom stereocenters. The van der Waals surface area contributed by atoms with Crippen molar-refractivity contribution in [2.45, 2.75) is 51.1 Å². The summed E-state index contributed by atoms with van der Waals surface area (Å²) in [6, 6.07) is 8.14. The fraction of sp³-hybridized carbons (Fsp3) is 0.542. The smallest absolute Gasteiger partial charge is 0.300 e. The molecule has 172 valence electrons. The van der Waals surface area contributed by atoms with Crippen LogP contribution in [0.15, 0.2) is 30.5 Å². The van der Waals surface area contributed by atoms with Crippen molar-refractivity contribution in [3.05, 3.63) is 36.0 Å². The second kappa shape index (κ2) is 9.73. The standard InChI is InChI=1S/C22H28N4O2.C2H4O2/c27-20-7-3-6-19-15-10-16(12-23-11-15)21(26(19)20)22(28)24-9-8-14-13-25-18-5-2-1-4-17(14)18;1-2(3)4/h1-2,4-5,13,15-16,19,21,23,25H,3,6-12H2,(H,24,28);1H3,(H,3,4)/t15-,16+,19+,21-;/m1./s1. The SMILES string of the molecule is CC(=O)O.O=C(NCCc1c[nH]c2ccccc12)[C@H]1[C@@H]2CNC[C@@H](C2)[C@@H]2CCCC(=O)N21. The number of hydrogen-bond donors (Lipinski definition) is 4. The van der Waals surface area contributed by atoms with Gasteiger partial charge in [-0.2, -0.15) is 0 Å². The van der Waals surface area contributed by atoms with Gasteiger partial charge in [-0.1, -0.05) is 18.2 Å². The van der Waals surface area contributed by atoms with Crippen LogP contribution in [0.25, 0.3) is 10.9 Å². The average Bonchev–Trinajstić information content (AvgIpc) is 3.18. The lowest BCUT2D eigenvalue weighted by molar-refractivity contribution is -0.157. The summed E-state index contributed by atoms with van der Waals surface area (Å²) in [5.41, 5.74) is 2.34. The number of carboxylic acid groups (broad SMARTS) is 1. The van der Waals surface area contributed by atoms with Crippen LogP contribution in [0.4, 0.5) is 0 Å². The molecule has 4 atom stereocenters. The van der Waals surface area contributed by atoms with Crippen LogP contribution in [-0.4, -0.2) is 64.5 Å². The van der Waals surface area contributed by atoms with E-state index in [1.54, 1.807) is 0 Å². The highest BCUT2D eigenvalue weighted by molar-refractivity contribution is 5.89. The number of rotatable bonds is 4. The molecule has 3 saturated heterocycles. The molecule has 1 aromatic heterocycles. The van der Waals surface area contributed by atoms with Crippen LogP contribution in [0, 0.1) is 11.8 Å². The summed E-state index contributed by atoms with van der Waals surface area (Å²) in [6.07, 6.45) is 6.44. The van der Waals surface area contributed by atoms with Crippen molar-refractivity contribution >= 4 is 28.7 Å². The predicted octanol–water partition coefficient (Wildman–Crippen LogP) is 1.91. The molecule has 5 rings (SSSR count). The second-order valence-corrected chi connectivity index (χ2v) is 9.04. The Hall–Kier alpha value is -2.87. The first kappa shape index (κ1) is 22.3. The third-order valence-electron chi connectivity index (χ3n) is 6.88. The zero-order valence-electron chi connectivity index (χ0n) is 18.5. The number of para-hydroxylation sites is 1. The van der Waals surface area contributed by atoms with Gasteiger partial charge in [-0.05, 0) is 49.8 Å². The summed E-state index contributed by atoms with van der Waals surface area (Å²) < 4.78 is 0. The van der Waals surface area contributed by atoms with Gasteiger partial charge in [-0.25, -0.2) is 0 Å². The van der Waals surface area contributed by atoms with Crippen molar-refractivity contribution in [2.75, 3.05) is 19.6 Å². The summed E-state index contributed by atoms with van der Waals surface area (Å²) in [5.74, 6) is 0.0836. The van der Waals surface area contributed by atoms with Crippen LogP contribution in [0.3, 0.4) is 0 Å². The number of amides is 2. The number of H-pyrrole nitrogens is 1. The highest BCUT2D eigenvalue weighted by Gasteiger charge is 2.50. The van der Waals surface area contributed by atoms with Gasteiger partial charge in [0, 0.05) is 55.5 Å². The molecule has 0 spiro atoms. The number of nitrogens with zero attached hydrogens (tertiary/aromatic N) is 1. The number of fused-ring (bicyclic) bond motifs is 5. The lowest BCUT2D eigenvalue weighted by Gasteiger charge is -2.53. The van der Waals surface area contributed by atoms with Crippen LogP contribution >= 0.6 is 0 Å². The Bertz CT molecular complexity index is 983. The molecule has 8 heteroatoms. The van der Waals surface area contributed by atoms with Crippen LogP contribution < -0.4 is 10.6 Å². The molecular formula is C24H32N4O4. The van der Waals surface area contributed by atoms with Crippen molar-refractivity contribution in [3.8, 4) is 0 Å². The van der Waals surface area contributed by atoms with Crippen molar-refractivity contribution in [3.63, 3.8) is 0 Å². The molecular weight excluding hydrogens is 408 g/mol. The maximum atomic E-state index is 13.2. The number of hydrogen-bond acceptors (Lipinski definition) is 4. The van der Waals surface area contributed by atoms with E-state index < -0.39 is 5.97 Å². The molecule has 3 aliphatic heterocycles. The number of carbonyl (C=O) groups excluding carboxylic acids is 2. The zero-order chi connectivity index (χ0) is 22.7. The topological polar surface area (TPSA) is 115 Å². The largest absolute Gasteiger partial charge is 0.481 e. The molecule has 3 aliphatic rings. The number of aromatic nitrogens is 1. The van der Waals surface area contributed by atoms with Crippen molar-refractivity contribution < 1.29 is 19.5 Å². The highest BCUT2D eigenvalue weighted by atomic mass is 16.4. The van der Waals surface area contributed by atoms with Gasteiger partial charge in [0.2, 0.25) is 11.8 Å². The van der Waals surface area contributed by atoms with Gasteiger partial charge >= 0.3 is 0 Å². The summed E-state index contributed by atoms with van der Waals surface area (Å²) >= 11 is 0. The third kappa shape index (κ3) is 4.65. The molecule has 0 radical (unpaired) electrons. The molecule has 3 fully saturated rings. The second-order valence-electron chi connectivity index (χ2n) is 9.04. The van der Waals surface area contributed by atoms with E-state index in [-0.39, 0.29) is 29.8 Å². The van der Waals surface area contributed by atoms with Crippen LogP contribution in [0.2, 0.25) is 0 Å². The summed E-state index contributed by atoms with van der Waals surface area (Å²) in [6.45, 7) is 3.47. The molecule has 4 N–H and O–H groups in total. The Kier molecular flexibility index (Phi) is 6.79. The molecule has 32 heavy (non-hydrogen) atoms. The van der Waals surface area contributed by atoms with E-state index >= 15 is 0 Å². The number of carbonyl (C=O) groups is 3. The van der Waals surface area contributed by atoms with Crippen LogP contribution in [-0.2, 0) is 20.8 Å². The van der Waals surface area contributed by atoms with Gasteiger partial charge in [0.15, 0.2) is 0 Å². The molecule has 0 aliphatic carbocycles. The highest BCUT2D eigenvalue weighted by Crippen LogP contribution is 2.39. The van der Waals surface area contributed by atoms with Crippen molar-refractivity contribution in [2.24, 2.45) is 11.8 Å². The van der Waals surface area contributed by atoms with Gasteiger partial charge in [0.1, 0.15) is 6.04 Å². The van der Waals surface area contributed by atoms with Crippen molar-refractivity contribution in [1.29, 1.82) is 0 Å². The van der Waals surface area contributed by atoms with Crippen molar-refractivity contribution in [1.82, 2.24) is 20.5 Å². The molecule has 8 nitrogen and oxygen atoms in total. The first-order valence-corrected chi connectivity index (χ1v) is 11.5. The molecule has 2 bridgehead atoms. The van der Waals surface area contributed by atoms with E-state index in [0.717, 1.165) is 51.2 Å². The predicted molar refractivity (Wildman–Crippen MR) is 121 cm³/mol. The normalized spacial score (nSPS) is 26.7. The average molecular weight is 441 g/mol.